The van der Waals surface area contributed by atoms with Gasteiger partial charge in [0, 0.05) is 19.8 Å². The second-order valence-electron chi connectivity index (χ2n) is 3.65. The fraction of sp³-hybridized carbons (Fsp3) is 0.167. The summed E-state index contributed by atoms with van der Waals surface area (Å²) in [5.41, 5.74) is 1.92. The number of para-hydroxylation sites is 2. The predicted molar refractivity (Wildman–Crippen MR) is 68.5 cm³/mol. The minimum absolute atomic E-state index is 0.275. The van der Waals surface area contributed by atoms with E-state index in [1.807, 2.05) is 36.0 Å². The molecule has 0 atom stereocenters. The molecule has 16 heavy (non-hydrogen) atoms. The van der Waals surface area contributed by atoms with Gasteiger partial charge in [0.2, 0.25) is 0 Å². The van der Waals surface area contributed by atoms with Crippen molar-refractivity contribution in [1.82, 2.24) is 4.57 Å². The number of hydrogen-bond donors (Lipinski definition) is 2. The SMILES string of the molecule is Cn1cc(CNc2ccccc2O)cc1Br. The van der Waals surface area contributed by atoms with Gasteiger partial charge in [0.1, 0.15) is 5.75 Å². The van der Waals surface area contributed by atoms with Crippen LogP contribution in [0.15, 0.2) is 41.1 Å². The summed E-state index contributed by atoms with van der Waals surface area (Å²) in [7, 11) is 1.98. The molecule has 0 aliphatic rings. The fourth-order valence-electron chi connectivity index (χ4n) is 1.52. The molecule has 2 N–H and O–H groups in total. The normalized spacial score (nSPS) is 10.4. The lowest BCUT2D eigenvalue weighted by Crippen LogP contribution is -1.98. The zero-order chi connectivity index (χ0) is 11.5. The Bertz CT molecular complexity index is 474. The quantitative estimate of drug-likeness (QED) is 0.848. The molecule has 0 bridgehead atoms. The highest BCUT2D eigenvalue weighted by molar-refractivity contribution is 9.10. The Morgan fingerprint density at radius 3 is 2.75 bits per heavy atom. The van der Waals surface area contributed by atoms with Crippen molar-refractivity contribution >= 4 is 21.6 Å². The number of phenols is 1. The number of nitrogens with zero attached hydrogens (tertiary/aromatic N) is 1. The Kier molecular flexibility index (Phi) is 3.19. The molecule has 4 heteroatoms. The van der Waals surface area contributed by atoms with Crippen LogP contribution in [0, 0.1) is 0 Å². The number of hydrogen-bond acceptors (Lipinski definition) is 2. The second kappa shape index (κ2) is 4.61. The van der Waals surface area contributed by atoms with E-state index in [9.17, 15) is 5.11 Å². The number of aromatic hydroxyl groups is 1. The van der Waals surface area contributed by atoms with Gasteiger partial charge in [-0.25, -0.2) is 0 Å². The third-order valence-corrected chi connectivity index (χ3v) is 3.18. The smallest absolute Gasteiger partial charge is 0.138 e. The highest BCUT2D eigenvalue weighted by atomic mass is 79.9. The maximum Gasteiger partial charge on any atom is 0.138 e. The van der Waals surface area contributed by atoms with E-state index >= 15 is 0 Å². The molecule has 0 fully saturated rings. The molecule has 1 aromatic carbocycles. The van der Waals surface area contributed by atoms with Crippen LogP contribution in [0.25, 0.3) is 0 Å². The van der Waals surface area contributed by atoms with Crippen LogP contribution in [0.3, 0.4) is 0 Å². The van der Waals surface area contributed by atoms with E-state index in [-0.39, 0.29) is 5.75 Å². The summed E-state index contributed by atoms with van der Waals surface area (Å²) < 4.78 is 3.04. The molecule has 1 aromatic heterocycles. The molecule has 0 amide bonds. The molecule has 0 saturated carbocycles. The summed E-state index contributed by atoms with van der Waals surface area (Å²) in [6.45, 7) is 0.691. The minimum atomic E-state index is 0.275. The molecule has 0 aliphatic heterocycles. The van der Waals surface area contributed by atoms with Crippen molar-refractivity contribution in [3.63, 3.8) is 0 Å². The van der Waals surface area contributed by atoms with Crippen molar-refractivity contribution in [3.05, 3.63) is 46.7 Å². The van der Waals surface area contributed by atoms with Crippen LogP contribution >= 0.6 is 15.9 Å². The highest BCUT2D eigenvalue weighted by Crippen LogP contribution is 2.22. The van der Waals surface area contributed by atoms with Crippen molar-refractivity contribution in [1.29, 1.82) is 0 Å². The number of anilines is 1. The average molecular weight is 281 g/mol. The molecule has 84 valence electrons. The van der Waals surface area contributed by atoms with Gasteiger partial charge in [0.05, 0.1) is 10.3 Å². The van der Waals surface area contributed by atoms with Crippen molar-refractivity contribution in [3.8, 4) is 5.75 Å². The lowest BCUT2D eigenvalue weighted by atomic mass is 10.2. The highest BCUT2D eigenvalue weighted by Gasteiger charge is 2.02. The zero-order valence-corrected chi connectivity index (χ0v) is 10.5. The maximum atomic E-state index is 9.57. The predicted octanol–water partition coefficient (Wildman–Crippen LogP) is 3.11. The number of nitrogens with one attached hydrogen (secondary N) is 1. The van der Waals surface area contributed by atoms with Gasteiger partial charge < -0.3 is 15.0 Å². The van der Waals surface area contributed by atoms with Gasteiger partial charge in [-0.3, -0.25) is 0 Å². The lowest BCUT2D eigenvalue weighted by Gasteiger charge is -2.06. The summed E-state index contributed by atoms with van der Waals surface area (Å²) >= 11 is 3.44. The van der Waals surface area contributed by atoms with Crippen LogP contribution in [0.5, 0.6) is 5.75 Å². The van der Waals surface area contributed by atoms with Gasteiger partial charge >= 0.3 is 0 Å². The summed E-state index contributed by atoms with van der Waals surface area (Å²) in [6, 6.07) is 9.27. The molecule has 3 nitrogen and oxygen atoms in total. The first-order valence-electron chi connectivity index (χ1n) is 4.99. The number of aromatic nitrogens is 1. The van der Waals surface area contributed by atoms with Gasteiger partial charge in [0.15, 0.2) is 0 Å². The van der Waals surface area contributed by atoms with Crippen molar-refractivity contribution < 1.29 is 5.11 Å². The number of phenolic OH excluding ortho intramolecular Hbond substituents is 1. The summed E-state index contributed by atoms with van der Waals surface area (Å²) in [4.78, 5) is 0. The zero-order valence-electron chi connectivity index (χ0n) is 8.94. The lowest BCUT2D eigenvalue weighted by molar-refractivity contribution is 0.477. The molecule has 2 aromatic rings. The first-order valence-corrected chi connectivity index (χ1v) is 5.79. The Morgan fingerprint density at radius 2 is 2.12 bits per heavy atom. The van der Waals surface area contributed by atoms with Crippen LogP contribution in [0.4, 0.5) is 5.69 Å². The van der Waals surface area contributed by atoms with E-state index in [1.165, 1.54) is 0 Å². The van der Waals surface area contributed by atoms with Crippen molar-refractivity contribution in [2.45, 2.75) is 6.54 Å². The Hall–Kier alpha value is -1.42. The van der Waals surface area contributed by atoms with Gasteiger partial charge in [0.25, 0.3) is 0 Å². The Morgan fingerprint density at radius 1 is 1.38 bits per heavy atom. The topological polar surface area (TPSA) is 37.2 Å². The third-order valence-electron chi connectivity index (χ3n) is 2.39. The molecule has 1 heterocycles. The summed E-state index contributed by atoms with van der Waals surface area (Å²) in [5, 5.41) is 12.8. The Balaban J connectivity index is 2.05. The van der Waals surface area contributed by atoms with Crippen LogP contribution < -0.4 is 5.32 Å². The van der Waals surface area contributed by atoms with Gasteiger partial charge in [-0.15, -0.1) is 0 Å². The fourth-order valence-corrected chi connectivity index (χ4v) is 1.92. The first-order chi connectivity index (χ1) is 7.66. The number of benzene rings is 1. The third kappa shape index (κ3) is 2.39. The molecule has 0 aliphatic carbocycles. The summed E-state index contributed by atoms with van der Waals surface area (Å²) in [5.74, 6) is 0.275. The van der Waals surface area contributed by atoms with Crippen LogP contribution in [-0.4, -0.2) is 9.67 Å². The molecule has 0 spiro atoms. The molecule has 2 rings (SSSR count). The molecule has 0 radical (unpaired) electrons. The van der Waals surface area contributed by atoms with Gasteiger partial charge in [-0.1, -0.05) is 12.1 Å². The van der Waals surface area contributed by atoms with Crippen molar-refractivity contribution in [2.24, 2.45) is 7.05 Å². The minimum Gasteiger partial charge on any atom is -0.506 e. The van der Waals surface area contributed by atoms with E-state index in [0.29, 0.717) is 6.54 Å². The summed E-state index contributed by atoms with van der Waals surface area (Å²) in [6.07, 6.45) is 2.04. The van der Waals surface area contributed by atoms with Crippen molar-refractivity contribution in [2.75, 3.05) is 5.32 Å². The largest absolute Gasteiger partial charge is 0.506 e. The number of aryl methyl sites for hydroxylation is 1. The van der Waals surface area contributed by atoms with E-state index < -0.39 is 0 Å². The van der Waals surface area contributed by atoms with Gasteiger partial charge in [-0.05, 0) is 39.7 Å². The monoisotopic (exact) mass is 280 g/mol. The molecular weight excluding hydrogens is 268 g/mol. The van der Waals surface area contributed by atoms with Crippen LogP contribution in [-0.2, 0) is 13.6 Å². The molecular formula is C12H13BrN2O. The van der Waals surface area contributed by atoms with Crippen LogP contribution in [0.1, 0.15) is 5.56 Å². The second-order valence-corrected chi connectivity index (χ2v) is 4.47. The molecule has 0 saturated heterocycles. The van der Waals surface area contributed by atoms with E-state index in [1.54, 1.807) is 12.1 Å². The van der Waals surface area contributed by atoms with Gasteiger partial charge in [-0.2, -0.15) is 0 Å². The van der Waals surface area contributed by atoms with E-state index in [2.05, 4.69) is 21.2 Å². The number of rotatable bonds is 3. The van der Waals surface area contributed by atoms with E-state index in [4.69, 9.17) is 0 Å². The average Bonchev–Trinajstić information content (AvgIpc) is 2.57. The number of halogens is 1. The molecule has 0 unspecified atom stereocenters. The maximum absolute atomic E-state index is 9.57. The Labute approximate surface area is 103 Å². The van der Waals surface area contributed by atoms with E-state index in [0.717, 1.165) is 15.9 Å². The standard InChI is InChI=1S/C12H13BrN2O/c1-15-8-9(6-12(15)13)7-14-10-4-2-3-5-11(10)16/h2-6,8,14,16H,7H2,1H3. The first kappa shape index (κ1) is 11.1. The van der Waals surface area contributed by atoms with Crippen LogP contribution in [0.2, 0.25) is 0 Å².